The van der Waals surface area contributed by atoms with Crippen molar-refractivity contribution in [2.24, 2.45) is 5.92 Å². The molecule has 1 unspecified atom stereocenters. The number of benzene rings is 1. The van der Waals surface area contributed by atoms with Crippen LogP contribution in [0.1, 0.15) is 25.3 Å². The summed E-state index contributed by atoms with van der Waals surface area (Å²) in [6.45, 7) is 4.40. The highest BCUT2D eigenvalue weighted by Crippen LogP contribution is 2.29. The number of para-hydroxylation sites is 1. The van der Waals surface area contributed by atoms with Crippen LogP contribution in [0.15, 0.2) is 24.3 Å². The van der Waals surface area contributed by atoms with Crippen molar-refractivity contribution >= 4 is 17.5 Å². The molecule has 1 atom stereocenters. The van der Waals surface area contributed by atoms with E-state index in [1.54, 1.807) is 4.90 Å². The Kier molecular flexibility index (Phi) is 4.90. The van der Waals surface area contributed by atoms with Gasteiger partial charge in [0.1, 0.15) is 0 Å². The van der Waals surface area contributed by atoms with Gasteiger partial charge in [-0.05, 0) is 50.9 Å². The normalized spacial score (nSPS) is 19.9. The molecule has 130 valence electrons. The largest absolute Gasteiger partial charge is 0.349 e. The Hall–Kier alpha value is -1.88. The van der Waals surface area contributed by atoms with Crippen molar-refractivity contribution in [2.75, 3.05) is 38.6 Å². The zero-order valence-electron chi connectivity index (χ0n) is 14.9. The summed E-state index contributed by atoms with van der Waals surface area (Å²) in [5, 5.41) is 0. The van der Waals surface area contributed by atoms with Crippen LogP contribution in [-0.2, 0) is 16.0 Å². The molecule has 2 aliphatic heterocycles. The van der Waals surface area contributed by atoms with Gasteiger partial charge in [0, 0.05) is 32.2 Å². The van der Waals surface area contributed by atoms with Crippen molar-refractivity contribution in [3.63, 3.8) is 0 Å². The SMILES string of the molecule is CC(C(=O)N1CCc2ccccc21)N1CCC(C(=O)N(C)C)CC1. The average molecular weight is 329 g/mol. The van der Waals surface area contributed by atoms with E-state index in [2.05, 4.69) is 11.0 Å². The number of likely N-dealkylation sites (tertiary alicyclic amines) is 1. The van der Waals surface area contributed by atoms with Gasteiger partial charge < -0.3 is 9.80 Å². The average Bonchev–Trinajstić information content (AvgIpc) is 3.04. The highest BCUT2D eigenvalue weighted by Gasteiger charge is 2.34. The first kappa shape index (κ1) is 17.0. The topological polar surface area (TPSA) is 43.9 Å². The summed E-state index contributed by atoms with van der Waals surface area (Å²) in [5.74, 6) is 0.491. The molecule has 1 aromatic rings. The zero-order valence-corrected chi connectivity index (χ0v) is 14.9. The molecule has 0 radical (unpaired) electrons. The molecule has 1 aromatic carbocycles. The number of hydrogen-bond donors (Lipinski definition) is 0. The number of fused-ring (bicyclic) bond motifs is 1. The molecule has 5 nitrogen and oxygen atoms in total. The van der Waals surface area contributed by atoms with Crippen LogP contribution in [0.4, 0.5) is 5.69 Å². The fraction of sp³-hybridized carbons (Fsp3) is 0.579. The quantitative estimate of drug-likeness (QED) is 0.849. The van der Waals surface area contributed by atoms with Gasteiger partial charge in [-0.25, -0.2) is 0 Å². The maximum absolute atomic E-state index is 12.9. The fourth-order valence-corrected chi connectivity index (χ4v) is 3.85. The molecule has 1 fully saturated rings. The van der Waals surface area contributed by atoms with Gasteiger partial charge in [-0.1, -0.05) is 18.2 Å². The minimum atomic E-state index is -0.133. The predicted molar refractivity (Wildman–Crippen MR) is 95.0 cm³/mol. The van der Waals surface area contributed by atoms with Gasteiger partial charge in [0.25, 0.3) is 0 Å². The van der Waals surface area contributed by atoms with Crippen molar-refractivity contribution in [3.05, 3.63) is 29.8 Å². The van der Waals surface area contributed by atoms with Crippen LogP contribution >= 0.6 is 0 Å². The lowest BCUT2D eigenvalue weighted by molar-refractivity contribution is -0.134. The Labute approximate surface area is 144 Å². The fourth-order valence-electron chi connectivity index (χ4n) is 3.85. The minimum absolute atomic E-state index is 0.103. The van der Waals surface area contributed by atoms with Gasteiger partial charge in [0.2, 0.25) is 11.8 Å². The van der Waals surface area contributed by atoms with E-state index in [-0.39, 0.29) is 23.8 Å². The Morgan fingerprint density at radius 3 is 2.46 bits per heavy atom. The van der Waals surface area contributed by atoms with Gasteiger partial charge in [0.15, 0.2) is 0 Å². The summed E-state index contributed by atoms with van der Waals surface area (Å²) in [7, 11) is 3.62. The van der Waals surface area contributed by atoms with Crippen LogP contribution < -0.4 is 4.90 Å². The lowest BCUT2D eigenvalue weighted by Gasteiger charge is -2.36. The molecule has 3 rings (SSSR count). The zero-order chi connectivity index (χ0) is 17.3. The third kappa shape index (κ3) is 3.18. The van der Waals surface area contributed by atoms with Crippen LogP contribution in [0.3, 0.4) is 0 Å². The first-order valence-electron chi connectivity index (χ1n) is 8.83. The summed E-state index contributed by atoms with van der Waals surface area (Å²) in [4.78, 5) is 30.9. The van der Waals surface area contributed by atoms with E-state index >= 15 is 0 Å². The number of nitrogens with zero attached hydrogens (tertiary/aromatic N) is 3. The maximum atomic E-state index is 12.9. The third-order valence-corrected chi connectivity index (χ3v) is 5.38. The second-order valence-corrected chi connectivity index (χ2v) is 7.09. The summed E-state index contributed by atoms with van der Waals surface area (Å²) in [6, 6.07) is 8.03. The molecular formula is C19H27N3O2. The molecule has 2 amide bonds. The highest BCUT2D eigenvalue weighted by atomic mass is 16.2. The Morgan fingerprint density at radius 1 is 1.12 bits per heavy atom. The van der Waals surface area contributed by atoms with Crippen LogP contribution in [0.2, 0.25) is 0 Å². The highest BCUT2D eigenvalue weighted by molar-refractivity contribution is 5.98. The van der Waals surface area contributed by atoms with Crippen LogP contribution in [-0.4, -0.2) is 61.4 Å². The Morgan fingerprint density at radius 2 is 1.79 bits per heavy atom. The second-order valence-electron chi connectivity index (χ2n) is 7.09. The molecule has 24 heavy (non-hydrogen) atoms. The molecule has 0 spiro atoms. The molecule has 2 aliphatic rings. The van der Waals surface area contributed by atoms with Crippen molar-refractivity contribution in [2.45, 2.75) is 32.2 Å². The van der Waals surface area contributed by atoms with E-state index in [0.717, 1.165) is 44.6 Å². The Bertz CT molecular complexity index is 621. The first-order chi connectivity index (χ1) is 11.5. The van der Waals surface area contributed by atoms with Crippen molar-refractivity contribution in [1.82, 2.24) is 9.80 Å². The van der Waals surface area contributed by atoms with Crippen molar-refractivity contribution in [3.8, 4) is 0 Å². The molecule has 1 saturated heterocycles. The van der Waals surface area contributed by atoms with E-state index in [1.807, 2.05) is 44.1 Å². The molecule has 5 heteroatoms. The number of piperidine rings is 1. The first-order valence-corrected chi connectivity index (χ1v) is 8.83. The minimum Gasteiger partial charge on any atom is -0.349 e. The number of carbonyl (C=O) groups excluding carboxylic acids is 2. The molecule has 0 N–H and O–H groups in total. The Balaban J connectivity index is 1.61. The lowest BCUT2D eigenvalue weighted by atomic mass is 9.94. The third-order valence-electron chi connectivity index (χ3n) is 5.38. The smallest absolute Gasteiger partial charge is 0.244 e. The number of hydrogen-bond acceptors (Lipinski definition) is 3. The summed E-state index contributed by atoms with van der Waals surface area (Å²) < 4.78 is 0. The summed E-state index contributed by atoms with van der Waals surface area (Å²) in [5.41, 5.74) is 2.32. The number of anilines is 1. The molecule has 0 bridgehead atoms. The van der Waals surface area contributed by atoms with Crippen molar-refractivity contribution in [1.29, 1.82) is 0 Å². The van der Waals surface area contributed by atoms with Gasteiger partial charge in [0.05, 0.1) is 6.04 Å². The van der Waals surface area contributed by atoms with Gasteiger partial charge in [-0.3, -0.25) is 14.5 Å². The number of rotatable bonds is 3. The van der Waals surface area contributed by atoms with E-state index in [1.165, 1.54) is 5.56 Å². The van der Waals surface area contributed by atoms with Crippen LogP contribution in [0, 0.1) is 5.92 Å². The van der Waals surface area contributed by atoms with Crippen molar-refractivity contribution < 1.29 is 9.59 Å². The summed E-state index contributed by atoms with van der Waals surface area (Å²) >= 11 is 0. The van der Waals surface area contributed by atoms with Crippen LogP contribution in [0.5, 0.6) is 0 Å². The van der Waals surface area contributed by atoms with E-state index in [9.17, 15) is 9.59 Å². The van der Waals surface area contributed by atoms with Gasteiger partial charge in [-0.15, -0.1) is 0 Å². The van der Waals surface area contributed by atoms with E-state index in [0.29, 0.717) is 0 Å². The monoisotopic (exact) mass is 329 g/mol. The van der Waals surface area contributed by atoms with E-state index < -0.39 is 0 Å². The molecule has 2 heterocycles. The standard InChI is InChI=1S/C19H27N3O2/c1-14(21-11-8-16(9-12-21)19(24)20(2)3)18(23)22-13-10-15-6-4-5-7-17(15)22/h4-7,14,16H,8-13H2,1-3H3. The summed E-state index contributed by atoms with van der Waals surface area (Å²) in [6.07, 6.45) is 2.62. The maximum Gasteiger partial charge on any atom is 0.244 e. The predicted octanol–water partition coefficient (Wildman–Crippen LogP) is 1.76. The van der Waals surface area contributed by atoms with E-state index in [4.69, 9.17) is 0 Å². The molecule has 0 aliphatic carbocycles. The van der Waals surface area contributed by atoms with Crippen LogP contribution in [0.25, 0.3) is 0 Å². The van der Waals surface area contributed by atoms with Gasteiger partial charge >= 0.3 is 0 Å². The lowest BCUT2D eigenvalue weighted by Crippen LogP contribution is -2.50. The van der Waals surface area contributed by atoms with Gasteiger partial charge in [-0.2, -0.15) is 0 Å². The molecule has 0 aromatic heterocycles. The molecule has 0 saturated carbocycles. The number of carbonyl (C=O) groups is 2. The second kappa shape index (κ2) is 6.93. The molecular weight excluding hydrogens is 302 g/mol. The number of amides is 2.